The molecule has 0 fully saturated rings. The number of thiophene rings is 1. The van der Waals surface area contributed by atoms with Crippen LogP contribution in [0.1, 0.15) is 17.8 Å². The monoisotopic (exact) mass is 369 g/mol. The Kier molecular flexibility index (Phi) is 5.64. The Balaban J connectivity index is 1.93. The van der Waals surface area contributed by atoms with Crippen LogP contribution >= 0.6 is 27.3 Å². The second-order valence-corrected chi connectivity index (χ2v) is 6.19. The lowest BCUT2D eigenvalue weighted by Gasteiger charge is -2.15. The first-order valence-corrected chi connectivity index (χ1v) is 8.06. The molecule has 4 nitrogen and oxygen atoms in total. The van der Waals surface area contributed by atoms with Crippen molar-refractivity contribution < 1.29 is 14.3 Å². The SMILES string of the molecule is COC(=O)COc1ccc(NC(C)c2sccc2Br)cc1. The molecule has 0 aliphatic heterocycles. The number of esters is 1. The van der Waals surface area contributed by atoms with E-state index in [1.54, 1.807) is 11.3 Å². The van der Waals surface area contributed by atoms with Crippen LogP contribution < -0.4 is 10.1 Å². The van der Waals surface area contributed by atoms with Crippen LogP contribution in [0.5, 0.6) is 5.75 Å². The molecule has 1 aromatic heterocycles. The molecule has 0 amide bonds. The molecule has 1 atom stereocenters. The van der Waals surface area contributed by atoms with Crippen LogP contribution in [0.25, 0.3) is 0 Å². The fraction of sp³-hybridized carbons (Fsp3) is 0.267. The van der Waals surface area contributed by atoms with Crippen LogP contribution in [0.15, 0.2) is 40.2 Å². The van der Waals surface area contributed by atoms with E-state index in [1.807, 2.05) is 30.3 Å². The van der Waals surface area contributed by atoms with Crippen molar-refractivity contribution in [1.82, 2.24) is 0 Å². The predicted molar refractivity (Wildman–Crippen MR) is 88.0 cm³/mol. The third-order valence-corrected chi connectivity index (χ3v) is 4.91. The Labute approximate surface area is 136 Å². The zero-order valence-corrected chi connectivity index (χ0v) is 14.2. The van der Waals surface area contributed by atoms with E-state index in [-0.39, 0.29) is 12.6 Å². The van der Waals surface area contributed by atoms with Crippen LogP contribution in [0.3, 0.4) is 0 Å². The predicted octanol–water partition coefficient (Wildman–Crippen LogP) is 4.24. The van der Waals surface area contributed by atoms with Gasteiger partial charge >= 0.3 is 5.97 Å². The number of hydrogen-bond acceptors (Lipinski definition) is 5. The van der Waals surface area contributed by atoms with Gasteiger partial charge in [-0.05, 0) is 58.6 Å². The third-order valence-electron chi connectivity index (χ3n) is 2.86. The first kappa shape index (κ1) is 15.9. The van der Waals surface area contributed by atoms with Gasteiger partial charge in [0.2, 0.25) is 0 Å². The number of halogens is 1. The maximum Gasteiger partial charge on any atom is 0.343 e. The van der Waals surface area contributed by atoms with Gasteiger partial charge in [-0.2, -0.15) is 0 Å². The molecule has 0 radical (unpaired) electrons. The standard InChI is InChI=1S/C15H16BrNO3S/c1-10(15-13(16)7-8-21-15)17-11-3-5-12(6-4-11)20-9-14(18)19-2/h3-8,10,17H,9H2,1-2H3. The highest BCUT2D eigenvalue weighted by atomic mass is 79.9. The molecule has 0 saturated heterocycles. The van der Waals surface area contributed by atoms with Gasteiger partial charge in [-0.3, -0.25) is 0 Å². The van der Waals surface area contributed by atoms with E-state index < -0.39 is 5.97 Å². The molecular formula is C15H16BrNO3S. The lowest BCUT2D eigenvalue weighted by molar-refractivity contribution is -0.142. The Morgan fingerprint density at radius 2 is 2.05 bits per heavy atom. The molecule has 0 aliphatic carbocycles. The quantitative estimate of drug-likeness (QED) is 0.773. The lowest BCUT2D eigenvalue weighted by Crippen LogP contribution is -2.12. The van der Waals surface area contributed by atoms with Gasteiger partial charge < -0.3 is 14.8 Å². The number of benzene rings is 1. The number of anilines is 1. The summed E-state index contributed by atoms with van der Waals surface area (Å²) in [6.07, 6.45) is 0. The molecule has 1 unspecified atom stereocenters. The van der Waals surface area contributed by atoms with Gasteiger partial charge in [0.05, 0.1) is 13.2 Å². The molecule has 2 rings (SSSR count). The van der Waals surface area contributed by atoms with Crippen LogP contribution in [0.4, 0.5) is 5.69 Å². The first-order chi connectivity index (χ1) is 10.1. The molecule has 1 heterocycles. The maximum atomic E-state index is 11.0. The van der Waals surface area contributed by atoms with Gasteiger partial charge in [0.25, 0.3) is 0 Å². The fourth-order valence-electron chi connectivity index (χ4n) is 1.78. The molecule has 0 spiro atoms. The zero-order chi connectivity index (χ0) is 15.2. The second kappa shape index (κ2) is 7.47. The number of methoxy groups -OCH3 is 1. The number of nitrogens with one attached hydrogen (secondary N) is 1. The van der Waals surface area contributed by atoms with Crippen molar-refractivity contribution in [2.24, 2.45) is 0 Å². The molecule has 21 heavy (non-hydrogen) atoms. The van der Waals surface area contributed by atoms with Crippen LogP contribution in [0.2, 0.25) is 0 Å². The Morgan fingerprint density at radius 3 is 2.62 bits per heavy atom. The van der Waals surface area contributed by atoms with Gasteiger partial charge in [-0.1, -0.05) is 0 Å². The second-order valence-electron chi connectivity index (χ2n) is 4.39. The van der Waals surface area contributed by atoms with Crippen LogP contribution in [-0.2, 0) is 9.53 Å². The van der Waals surface area contributed by atoms with Crippen molar-refractivity contribution in [3.63, 3.8) is 0 Å². The molecular weight excluding hydrogens is 354 g/mol. The summed E-state index contributed by atoms with van der Waals surface area (Å²) in [6, 6.07) is 9.74. The van der Waals surface area contributed by atoms with Crippen LogP contribution in [0, 0.1) is 0 Å². The summed E-state index contributed by atoms with van der Waals surface area (Å²) in [5, 5.41) is 5.48. The fourth-order valence-corrected chi connectivity index (χ4v) is 3.50. The summed E-state index contributed by atoms with van der Waals surface area (Å²) >= 11 is 5.25. The molecule has 0 aliphatic rings. The van der Waals surface area contributed by atoms with Crippen molar-refractivity contribution in [2.75, 3.05) is 19.0 Å². The molecule has 0 saturated carbocycles. The third kappa shape index (κ3) is 4.47. The van der Waals surface area contributed by atoms with Crippen molar-refractivity contribution in [3.8, 4) is 5.75 Å². The van der Waals surface area contributed by atoms with Gasteiger partial charge in [-0.15, -0.1) is 11.3 Å². The Hall–Kier alpha value is -1.53. The van der Waals surface area contributed by atoms with E-state index >= 15 is 0 Å². The van der Waals surface area contributed by atoms with Crippen LogP contribution in [-0.4, -0.2) is 19.7 Å². The molecule has 1 N–H and O–H groups in total. The lowest BCUT2D eigenvalue weighted by atomic mass is 10.2. The van der Waals surface area contributed by atoms with E-state index in [4.69, 9.17) is 4.74 Å². The van der Waals surface area contributed by atoms with Gasteiger partial charge in [-0.25, -0.2) is 4.79 Å². The largest absolute Gasteiger partial charge is 0.482 e. The van der Waals surface area contributed by atoms with Gasteiger partial charge in [0, 0.05) is 15.0 Å². The molecule has 0 bridgehead atoms. The average molecular weight is 370 g/mol. The Morgan fingerprint density at radius 1 is 1.33 bits per heavy atom. The minimum absolute atomic E-state index is 0.0815. The molecule has 2 aromatic rings. The molecule has 6 heteroatoms. The van der Waals surface area contributed by atoms with Gasteiger partial charge in [0.1, 0.15) is 5.75 Å². The number of hydrogen-bond donors (Lipinski definition) is 1. The number of ether oxygens (including phenoxy) is 2. The minimum atomic E-state index is -0.395. The smallest absolute Gasteiger partial charge is 0.343 e. The highest BCUT2D eigenvalue weighted by Gasteiger charge is 2.10. The highest BCUT2D eigenvalue weighted by Crippen LogP contribution is 2.31. The topological polar surface area (TPSA) is 47.6 Å². The molecule has 1 aromatic carbocycles. The van der Waals surface area contributed by atoms with E-state index in [0.717, 1.165) is 10.2 Å². The van der Waals surface area contributed by atoms with E-state index in [9.17, 15) is 4.79 Å². The van der Waals surface area contributed by atoms with E-state index in [1.165, 1.54) is 12.0 Å². The van der Waals surface area contributed by atoms with Crippen molar-refractivity contribution in [2.45, 2.75) is 13.0 Å². The number of rotatable bonds is 6. The van der Waals surface area contributed by atoms with Crippen molar-refractivity contribution >= 4 is 38.9 Å². The first-order valence-electron chi connectivity index (χ1n) is 6.39. The number of carbonyl (C=O) groups excluding carboxylic acids is 1. The maximum absolute atomic E-state index is 11.0. The highest BCUT2D eigenvalue weighted by molar-refractivity contribution is 9.10. The van der Waals surface area contributed by atoms with E-state index in [0.29, 0.717) is 5.75 Å². The minimum Gasteiger partial charge on any atom is -0.482 e. The number of carbonyl (C=O) groups is 1. The zero-order valence-electron chi connectivity index (χ0n) is 11.8. The summed E-state index contributed by atoms with van der Waals surface area (Å²) in [4.78, 5) is 12.2. The summed E-state index contributed by atoms with van der Waals surface area (Å²) in [6.45, 7) is 2.03. The summed E-state index contributed by atoms with van der Waals surface area (Å²) in [5.74, 6) is 0.240. The van der Waals surface area contributed by atoms with Crippen molar-refractivity contribution in [1.29, 1.82) is 0 Å². The van der Waals surface area contributed by atoms with Crippen molar-refractivity contribution in [3.05, 3.63) is 45.1 Å². The average Bonchev–Trinajstić information content (AvgIpc) is 2.92. The summed E-state index contributed by atoms with van der Waals surface area (Å²) in [5.41, 5.74) is 0.994. The Bertz CT molecular complexity index is 597. The summed E-state index contributed by atoms with van der Waals surface area (Å²) in [7, 11) is 1.34. The normalized spacial score (nSPS) is 11.8. The van der Waals surface area contributed by atoms with Gasteiger partial charge in [0.15, 0.2) is 6.61 Å². The molecule has 112 valence electrons. The summed E-state index contributed by atoms with van der Waals surface area (Å²) < 4.78 is 10.9. The van der Waals surface area contributed by atoms with E-state index in [2.05, 4.69) is 38.3 Å².